The Morgan fingerprint density at radius 1 is 1.40 bits per heavy atom. The summed E-state index contributed by atoms with van der Waals surface area (Å²) in [5.41, 5.74) is 0.758. The lowest BCUT2D eigenvalue weighted by Gasteiger charge is -2.54. The van der Waals surface area contributed by atoms with Crippen LogP contribution in [0, 0.1) is 11.3 Å². The molecule has 1 nitrogen and oxygen atoms in total. The van der Waals surface area contributed by atoms with Gasteiger partial charge >= 0.3 is 0 Å². The lowest BCUT2D eigenvalue weighted by Crippen LogP contribution is -2.42. The van der Waals surface area contributed by atoms with E-state index < -0.39 is 0 Å². The summed E-state index contributed by atoms with van der Waals surface area (Å²) in [4.78, 5) is 10.1. The number of carbonyl (C=O) groups is 1. The third-order valence-electron chi connectivity index (χ3n) is 3.29. The fraction of sp³-hybridized carbons (Fsp3) is 0.889. The summed E-state index contributed by atoms with van der Waals surface area (Å²) >= 11 is 0. The fourth-order valence-corrected chi connectivity index (χ4v) is 2.55. The van der Waals surface area contributed by atoms with Gasteiger partial charge in [0.15, 0.2) is 0 Å². The molecule has 2 aliphatic carbocycles. The summed E-state index contributed by atoms with van der Waals surface area (Å²) in [6.45, 7) is 0. The molecule has 0 heterocycles. The highest BCUT2D eigenvalue weighted by molar-refractivity contribution is 5.50. The molecule has 0 atom stereocenters. The maximum absolute atomic E-state index is 10.1. The van der Waals surface area contributed by atoms with Crippen LogP contribution in [0.25, 0.3) is 0 Å². The predicted molar refractivity (Wildman–Crippen MR) is 39.7 cm³/mol. The highest BCUT2D eigenvalue weighted by atomic mass is 16.1. The standard InChI is InChI=1S/C9H14O/c10-5-2-8-6-9(7-8)3-1-4-9/h5,8H,1-4,6-7H2. The van der Waals surface area contributed by atoms with Gasteiger partial charge in [0.05, 0.1) is 0 Å². The van der Waals surface area contributed by atoms with Crippen molar-refractivity contribution in [2.45, 2.75) is 38.5 Å². The van der Waals surface area contributed by atoms with Crippen LogP contribution in [0.15, 0.2) is 0 Å². The zero-order valence-corrected chi connectivity index (χ0v) is 6.31. The molecule has 0 aromatic heterocycles. The van der Waals surface area contributed by atoms with E-state index in [0.717, 1.165) is 24.0 Å². The number of rotatable bonds is 2. The summed E-state index contributed by atoms with van der Waals surface area (Å²) in [5.74, 6) is 0.762. The average Bonchev–Trinajstić information content (AvgIpc) is 1.72. The molecule has 0 radical (unpaired) electrons. The van der Waals surface area contributed by atoms with Crippen LogP contribution in [-0.4, -0.2) is 6.29 Å². The van der Waals surface area contributed by atoms with Crippen LogP contribution in [0.4, 0.5) is 0 Å². The third kappa shape index (κ3) is 0.799. The van der Waals surface area contributed by atoms with E-state index in [-0.39, 0.29) is 0 Å². The smallest absolute Gasteiger partial charge is 0.120 e. The van der Waals surface area contributed by atoms with Gasteiger partial charge in [-0.25, -0.2) is 0 Å². The summed E-state index contributed by atoms with van der Waals surface area (Å²) in [6, 6.07) is 0. The first-order valence-electron chi connectivity index (χ1n) is 4.28. The minimum atomic E-state index is 0.758. The number of hydrogen-bond acceptors (Lipinski definition) is 1. The molecule has 10 heavy (non-hydrogen) atoms. The zero-order valence-electron chi connectivity index (χ0n) is 6.31. The molecule has 0 saturated heterocycles. The Kier molecular flexibility index (Phi) is 1.33. The van der Waals surface area contributed by atoms with Crippen molar-refractivity contribution in [3.8, 4) is 0 Å². The van der Waals surface area contributed by atoms with Gasteiger partial charge in [0.2, 0.25) is 0 Å². The quantitative estimate of drug-likeness (QED) is 0.534. The van der Waals surface area contributed by atoms with Gasteiger partial charge in [-0.05, 0) is 37.0 Å². The van der Waals surface area contributed by atoms with E-state index in [1.165, 1.54) is 32.1 Å². The molecular weight excluding hydrogens is 124 g/mol. The second-order valence-corrected chi connectivity index (χ2v) is 4.03. The summed E-state index contributed by atoms with van der Waals surface area (Å²) in [7, 11) is 0. The first-order valence-corrected chi connectivity index (χ1v) is 4.28. The Balaban J connectivity index is 1.77. The van der Waals surface area contributed by atoms with Crippen molar-refractivity contribution >= 4 is 6.29 Å². The number of hydrogen-bond donors (Lipinski definition) is 0. The van der Waals surface area contributed by atoms with Gasteiger partial charge in [0, 0.05) is 6.42 Å². The minimum Gasteiger partial charge on any atom is -0.303 e. The highest BCUT2D eigenvalue weighted by Gasteiger charge is 2.47. The molecule has 0 N–H and O–H groups in total. The molecule has 2 fully saturated rings. The number of aldehydes is 1. The van der Waals surface area contributed by atoms with Crippen molar-refractivity contribution in [3.05, 3.63) is 0 Å². The van der Waals surface area contributed by atoms with Crippen molar-refractivity contribution in [1.82, 2.24) is 0 Å². The largest absolute Gasteiger partial charge is 0.303 e. The van der Waals surface area contributed by atoms with Gasteiger partial charge in [-0.2, -0.15) is 0 Å². The Bertz CT molecular complexity index is 139. The lowest BCUT2D eigenvalue weighted by molar-refractivity contribution is -0.111. The maximum atomic E-state index is 10.1. The van der Waals surface area contributed by atoms with E-state index in [1.807, 2.05) is 0 Å². The molecule has 0 amide bonds. The second-order valence-electron chi connectivity index (χ2n) is 4.03. The van der Waals surface area contributed by atoms with E-state index in [2.05, 4.69) is 0 Å². The first kappa shape index (κ1) is 6.38. The highest BCUT2D eigenvalue weighted by Crippen LogP contribution is 2.59. The molecule has 2 aliphatic rings. The topological polar surface area (TPSA) is 17.1 Å². The van der Waals surface area contributed by atoms with Gasteiger partial charge < -0.3 is 4.79 Å². The van der Waals surface area contributed by atoms with Gasteiger partial charge in [-0.3, -0.25) is 0 Å². The molecular formula is C9H14O. The van der Waals surface area contributed by atoms with Crippen molar-refractivity contribution < 1.29 is 4.79 Å². The van der Waals surface area contributed by atoms with Crippen LogP contribution >= 0.6 is 0 Å². The molecule has 0 aromatic carbocycles. The fourth-order valence-electron chi connectivity index (χ4n) is 2.55. The minimum absolute atomic E-state index is 0.758. The molecule has 2 saturated carbocycles. The molecule has 2 rings (SSSR count). The van der Waals surface area contributed by atoms with Crippen LogP contribution in [0.2, 0.25) is 0 Å². The zero-order chi connectivity index (χ0) is 7.03. The van der Waals surface area contributed by atoms with Gasteiger partial charge in [0.1, 0.15) is 6.29 Å². The van der Waals surface area contributed by atoms with Crippen molar-refractivity contribution in [1.29, 1.82) is 0 Å². The van der Waals surface area contributed by atoms with Crippen LogP contribution in [0.1, 0.15) is 38.5 Å². The van der Waals surface area contributed by atoms with E-state index in [1.54, 1.807) is 0 Å². The summed E-state index contributed by atoms with van der Waals surface area (Å²) in [6.07, 6.45) is 8.94. The van der Waals surface area contributed by atoms with E-state index in [9.17, 15) is 4.79 Å². The van der Waals surface area contributed by atoms with E-state index in [4.69, 9.17) is 0 Å². The molecule has 1 spiro atoms. The second kappa shape index (κ2) is 2.08. The Morgan fingerprint density at radius 3 is 2.50 bits per heavy atom. The molecule has 0 aliphatic heterocycles. The maximum Gasteiger partial charge on any atom is 0.120 e. The molecule has 0 unspecified atom stereocenters. The van der Waals surface area contributed by atoms with Crippen molar-refractivity contribution in [3.63, 3.8) is 0 Å². The Hall–Kier alpha value is -0.330. The van der Waals surface area contributed by atoms with Crippen molar-refractivity contribution in [2.24, 2.45) is 11.3 Å². The number of carbonyl (C=O) groups excluding carboxylic acids is 1. The Labute approximate surface area is 61.8 Å². The summed E-state index contributed by atoms with van der Waals surface area (Å²) in [5, 5.41) is 0. The average molecular weight is 138 g/mol. The molecule has 1 heteroatoms. The van der Waals surface area contributed by atoms with Gasteiger partial charge in [0.25, 0.3) is 0 Å². The monoisotopic (exact) mass is 138 g/mol. The van der Waals surface area contributed by atoms with Crippen LogP contribution in [0.5, 0.6) is 0 Å². The van der Waals surface area contributed by atoms with Crippen LogP contribution < -0.4 is 0 Å². The summed E-state index contributed by atoms with van der Waals surface area (Å²) < 4.78 is 0. The Morgan fingerprint density at radius 2 is 2.10 bits per heavy atom. The van der Waals surface area contributed by atoms with Crippen molar-refractivity contribution in [2.75, 3.05) is 0 Å². The van der Waals surface area contributed by atoms with Crippen LogP contribution in [-0.2, 0) is 4.79 Å². The normalized spacial score (nSPS) is 29.2. The van der Waals surface area contributed by atoms with E-state index >= 15 is 0 Å². The molecule has 0 aromatic rings. The SMILES string of the molecule is O=CCC1CC2(CCC2)C1. The predicted octanol–water partition coefficient (Wildman–Crippen LogP) is 2.16. The lowest BCUT2D eigenvalue weighted by atomic mass is 9.51. The van der Waals surface area contributed by atoms with Crippen LogP contribution in [0.3, 0.4) is 0 Å². The molecule has 56 valence electrons. The van der Waals surface area contributed by atoms with E-state index in [0.29, 0.717) is 0 Å². The van der Waals surface area contributed by atoms with Gasteiger partial charge in [-0.15, -0.1) is 0 Å². The molecule has 0 bridgehead atoms. The van der Waals surface area contributed by atoms with Gasteiger partial charge in [-0.1, -0.05) is 6.42 Å². The first-order chi connectivity index (χ1) is 4.85. The third-order valence-corrected chi connectivity index (χ3v) is 3.29.